The van der Waals surface area contributed by atoms with E-state index in [2.05, 4.69) is 20.8 Å². The van der Waals surface area contributed by atoms with E-state index in [4.69, 9.17) is 4.74 Å². The molecule has 1 aliphatic rings. The van der Waals surface area contributed by atoms with Gasteiger partial charge in [0.25, 0.3) is 0 Å². The molecule has 1 fully saturated rings. The normalized spacial score (nSPS) is 32.8. The molecule has 0 aliphatic carbocycles. The SMILES string of the molecule is CCC1OCCC1C(O)C(C)C. The molecule has 1 aliphatic heterocycles. The topological polar surface area (TPSA) is 29.5 Å². The Morgan fingerprint density at radius 3 is 2.67 bits per heavy atom. The maximum Gasteiger partial charge on any atom is 0.0626 e. The van der Waals surface area contributed by atoms with Gasteiger partial charge in [-0.1, -0.05) is 20.8 Å². The third-order valence-electron chi connectivity index (χ3n) is 2.78. The fraction of sp³-hybridized carbons (Fsp3) is 1.00. The van der Waals surface area contributed by atoms with Crippen molar-refractivity contribution in [3.8, 4) is 0 Å². The van der Waals surface area contributed by atoms with Crippen LogP contribution in [0.4, 0.5) is 0 Å². The monoisotopic (exact) mass is 172 g/mol. The zero-order valence-corrected chi connectivity index (χ0v) is 8.29. The smallest absolute Gasteiger partial charge is 0.0626 e. The second-order valence-corrected chi connectivity index (χ2v) is 4.00. The predicted octanol–water partition coefficient (Wildman–Crippen LogP) is 1.82. The second-order valence-electron chi connectivity index (χ2n) is 4.00. The summed E-state index contributed by atoms with van der Waals surface area (Å²) in [7, 11) is 0. The largest absolute Gasteiger partial charge is 0.392 e. The van der Waals surface area contributed by atoms with E-state index >= 15 is 0 Å². The molecule has 1 rings (SSSR count). The van der Waals surface area contributed by atoms with E-state index in [9.17, 15) is 5.11 Å². The highest BCUT2D eigenvalue weighted by molar-refractivity contribution is 4.82. The van der Waals surface area contributed by atoms with Crippen LogP contribution in [0.2, 0.25) is 0 Å². The van der Waals surface area contributed by atoms with Gasteiger partial charge in [0.2, 0.25) is 0 Å². The Bertz CT molecular complexity index is 134. The van der Waals surface area contributed by atoms with E-state index in [1.165, 1.54) is 0 Å². The molecule has 1 saturated heterocycles. The third kappa shape index (κ3) is 1.99. The molecule has 2 nitrogen and oxygen atoms in total. The minimum absolute atomic E-state index is 0.183. The average molecular weight is 172 g/mol. The molecule has 3 atom stereocenters. The van der Waals surface area contributed by atoms with Crippen LogP contribution in [0.5, 0.6) is 0 Å². The molecule has 0 amide bonds. The number of aliphatic hydroxyl groups excluding tert-OH is 1. The Morgan fingerprint density at radius 1 is 1.50 bits per heavy atom. The van der Waals surface area contributed by atoms with Crippen LogP contribution in [0.25, 0.3) is 0 Å². The van der Waals surface area contributed by atoms with Gasteiger partial charge < -0.3 is 9.84 Å². The maximum absolute atomic E-state index is 9.85. The summed E-state index contributed by atoms with van der Waals surface area (Å²) in [6, 6.07) is 0. The molecule has 72 valence electrons. The molecular weight excluding hydrogens is 152 g/mol. The van der Waals surface area contributed by atoms with Gasteiger partial charge in [-0.15, -0.1) is 0 Å². The summed E-state index contributed by atoms with van der Waals surface area (Å²) < 4.78 is 5.53. The van der Waals surface area contributed by atoms with E-state index < -0.39 is 0 Å². The zero-order chi connectivity index (χ0) is 9.14. The van der Waals surface area contributed by atoms with Crippen molar-refractivity contribution in [2.45, 2.75) is 45.8 Å². The molecule has 0 spiro atoms. The highest BCUT2D eigenvalue weighted by Crippen LogP contribution is 2.29. The summed E-state index contributed by atoms with van der Waals surface area (Å²) in [5.74, 6) is 0.723. The minimum Gasteiger partial charge on any atom is -0.392 e. The number of aliphatic hydroxyl groups is 1. The standard InChI is InChI=1S/C10H20O2/c1-4-9-8(5-6-12-9)10(11)7(2)3/h7-11H,4-6H2,1-3H3. The van der Waals surface area contributed by atoms with Gasteiger partial charge >= 0.3 is 0 Å². The lowest BCUT2D eigenvalue weighted by atomic mass is 9.87. The van der Waals surface area contributed by atoms with E-state index in [-0.39, 0.29) is 6.10 Å². The molecule has 0 bridgehead atoms. The summed E-state index contributed by atoms with van der Waals surface area (Å²) >= 11 is 0. The summed E-state index contributed by atoms with van der Waals surface area (Å²) in [6.07, 6.45) is 2.16. The first kappa shape index (κ1) is 10.0. The first-order chi connectivity index (χ1) is 5.66. The average Bonchev–Trinajstić information content (AvgIpc) is 2.49. The van der Waals surface area contributed by atoms with Crippen LogP contribution in [0.1, 0.15) is 33.6 Å². The van der Waals surface area contributed by atoms with Gasteiger partial charge in [-0.3, -0.25) is 0 Å². The van der Waals surface area contributed by atoms with Gasteiger partial charge in [-0.05, 0) is 18.8 Å². The molecule has 2 heteroatoms. The van der Waals surface area contributed by atoms with Crippen molar-refractivity contribution < 1.29 is 9.84 Å². The van der Waals surface area contributed by atoms with Gasteiger partial charge in [-0.25, -0.2) is 0 Å². The Balaban J connectivity index is 2.49. The quantitative estimate of drug-likeness (QED) is 0.703. The number of ether oxygens (including phenoxy) is 1. The van der Waals surface area contributed by atoms with Crippen LogP contribution in [0.3, 0.4) is 0 Å². The molecule has 0 radical (unpaired) electrons. The van der Waals surface area contributed by atoms with Crippen molar-refractivity contribution in [1.82, 2.24) is 0 Å². The van der Waals surface area contributed by atoms with Crippen molar-refractivity contribution in [1.29, 1.82) is 0 Å². The zero-order valence-electron chi connectivity index (χ0n) is 8.29. The number of rotatable bonds is 3. The fourth-order valence-electron chi connectivity index (χ4n) is 1.97. The molecule has 0 aromatic heterocycles. The fourth-order valence-corrected chi connectivity index (χ4v) is 1.97. The Labute approximate surface area is 74.9 Å². The summed E-state index contributed by atoms with van der Waals surface area (Å²) in [6.45, 7) is 7.08. The Hall–Kier alpha value is -0.0800. The summed E-state index contributed by atoms with van der Waals surface area (Å²) in [5, 5.41) is 9.85. The number of hydrogen-bond acceptors (Lipinski definition) is 2. The predicted molar refractivity (Wildman–Crippen MR) is 49.0 cm³/mol. The Morgan fingerprint density at radius 2 is 2.17 bits per heavy atom. The molecule has 0 aromatic rings. The molecular formula is C10H20O2. The van der Waals surface area contributed by atoms with Crippen LogP contribution >= 0.6 is 0 Å². The number of hydrogen-bond donors (Lipinski definition) is 1. The van der Waals surface area contributed by atoms with Gasteiger partial charge in [0, 0.05) is 12.5 Å². The third-order valence-corrected chi connectivity index (χ3v) is 2.78. The highest BCUT2D eigenvalue weighted by atomic mass is 16.5. The first-order valence-electron chi connectivity index (χ1n) is 4.96. The van der Waals surface area contributed by atoms with E-state index in [1.54, 1.807) is 0 Å². The summed E-state index contributed by atoms with van der Waals surface area (Å²) in [4.78, 5) is 0. The van der Waals surface area contributed by atoms with Gasteiger partial charge in [0.05, 0.1) is 12.2 Å². The van der Waals surface area contributed by atoms with Crippen LogP contribution < -0.4 is 0 Å². The molecule has 12 heavy (non-hydrogen) atoms. The van der Waals surface area contributed by atoms with E-state index in [0.717, 1.165) is 19.4 Å². The molecule has 3 unspecified atom stereocenters. The Kier molecular flexibility index (Phi) is 3.53. The molecule has 1 heterocycles. The van der Waals surface area contributed by atoms with Crippen LogP contribution in [0.15, 0.2) is 0 Å². The van der Waals surface area contributed by atoms with Gasteiger partial charge in [0.15, 0.2) is 0 Å². The minimum atomic E-state index is -0.183. The van der Waals surface area contributed by atoms with Crippen molar-refractivity contribution in [3.05, 3.63) is 0 Å². The van der Waals surface area contributed by atoms with Crippen molar-refractivity contribution >= 4 is 0 Å². The van der Waals surface area contributed by atoms with Crippen molar-refractivity contribution in [3.63, 3.8) is 0 Å². The van der Waals surface area contributed by atoms with Gasteiger partial charge in [-0.2, -0.15) is 0 Å². The van der Waals surface area contributed by atoms with Crippen molar-refractivity contribution in [2.75, 3.05) is 6.61 Å². The lowest BCUT2D eigenvalue weighted by Crippen LogP contribution is -2.31. The van der Waals surface area contributed by atoms with Gasteiger partial charge in [0.1, 0.15) is 0 Å². The summed E-state index contributed by atoms with van der Waals surface area (Å²) in [5.41, 5.74) is 0. The highest BCUT2D eigenvalue weighted by Gasteiger charge is 2.33. The van der Waals surface area contributed by atoms with E-state index in [1.807, 2.05) is 0 Å². The van der Waals surface area contributed by atoms with Crippen LogP contribution in [0, 0.1) is 11.8 Å². The first-order valence-corrected chi connectivity index (χ1v) is 4.96. The van der Waals surface area contributed by atoms with E-state index in [0.29, 0.717) is 17.9 Å². The molecule has 0 aromatic carbocycles. The molecule has 1 N–H and O–H groups in total. The van der Waals surface area contributed by atoms with Crippen LogP contribution in [-0.2, 0) is 4.74 Å². The van der Waals surface area contributed by atoms with Crippen LogP contribution in [-0.4, -0.2) is 23.9 Å². The second kappa shape index (κ2) is 4.24. The lowest BCUT2D eigenvalue weighted by Gasteiger charge is -2.25. The molecule has 0 saturated carbocycles. The lowest BCUT2D eigenvalue weighted by molar-refractivity contribution is 0.0101. The maximum atomic E-state index is 9.85. The van der Waals surface area contributed by atoms with Crippen molar-refractivity contribution in [2.24, 2.45) is 11.8 Å².